The van der Waals surface area contributed by atoms with Crippen molar-refractivity contribution in [2.24, 2.45) is 0 Å². The minimum atomic E-state index is -0.760. The van der Waals surface area contributed by atoms with Crippen LogP contribution in [-0.4, -0.2) is 37.4 Å². The van der Waals surface area contributed by atoms with E-state index in [9.17, 15) is 14.4 Å². The van der Waals surface area contributed by atoms with Crippen LogP contribution in [0.15, 0.2) is 42.5 Å². The number of carbonyl (C=O) groups excluding carboxylic acids is 3. The smallest absolute Gasteiger partial charge is 0.251 e. The Morgan fingerprint density at radius 3 is 2.52 bits per heavy atom. The first-order valence-corrected chi connectivity index (χ1v) is 9.62. The number of hydrogen-bond acceptors (Lipinski definition) is 4. The third-order valence-electron chi connectivity index (χ3n) is 4.66. The van der Waals surface area contributed by atoms with Gasteiger partial charge in [0.1, 0.15) is 11.8 Å². The van der Waals surface area contributed by atoms with E-state index >= 15 is 0 Å². The molecule has 0 aromatic heterocycles. The van der Waals surface area contributed by atoms with Gasteiger partial charge in [0.15, 0.2) is 0 Å². The van der Waals surface area contributed by atoms with Gasteiger partial charge in [-0.3, -0.25) is 14.4 Å². The van der Waals surface area contributed by atoms with Crippen LogP contribution in [0.4, 0.5) is 11.4 Å². The Labute approximate surface area is 174 Å². The monoisotopic (exact) mass is 415 g/mol. The number of anilines is 2. The van der Waals surface area contributed by atoms with Gasteiger partial charge in [-0.15, -0.1) is 0 Å². The Bertz CT molecular complexity index is 930. The van der Waals surface area contributed by atoms with Gasteiger partial charge in [-0.05, 0) is 49.7 Å². The fraction of sp³-hybridized carbons (Fsp3) is 0.286. The van der Waals surface area contributed by atoms with E-state index in [0.29, 0.717) is 40.7 Å². The van der Waals surface area contributed by atoms with Crippen LogP contribution in [0.1, 0.15) is 30.1 Å². The van der Waals surface area contributed by atoms with E-state index < -0.39 is 6.04 Å². The molecule has 0 unspecified atom stereocenters. The summed E-state index contributed by atoms with van der Waals surface area (Å²) in [4.78, 5) is 38.4. The first kappa shape index (κ1) is 20.7. The largest absolute Gasteiger partial charge is 0.494 e. The van der Waals surface area contributed by atoms with Gasteiger partial charge >= 0.3 is 0 Å². The second-order valence-electron chi connectivity index (χ2n) is 6.73. The molecule has 2 aromatic rings. The Kier molecular flexibility index (Phi) is 6.39. The Hall–Kier alpha value is -3.06. The Morgan fingerprint density at radius 2 is 1.90 bits per heavy atom. The third-order valence-corrected chi connectivity index (χ3v) is 4.91. The maximum Gasteiger partial charge on any atom is 0.251 e. The van der Waals surface area contributed by atoms with Crippen LogP contribution >= 0.6 is 11.6 Å². The molecule has 8 heteroatoms. The quantitative estimate of drug-likeness (QED) is 0.758. The second-order valence-corrected chi connectivity index (χ2v) is 7.16. The normalized spacial score (nSPS) is 14.4. The molecule has 1 saturated heterocycles. The lowest BCUT2D eigenvalue weighted by Crippen LogP contribution is -2.41. The second kappa shape index (κ2) is 8.96. The molecular formula is C21H22ClN3O4. The van der Waals surface area contributed by atoms with Crippen molar-refractivity contribution < 1.29 is 19.1 Å². The number of methoxy groups -OCH3 is 1. The lowest BCUT2D eigenvalue weighted by Gasteiger charge is -2.20. The minimum absolute atomic E-state index is 0.0543. The average molecular weight is 416 g/mol. The molecule has 3 amide bonds. The van der Waals surface area contributed by atoms with Gasteiger partial charge < -0.3 is 20.3 Å². The minimum Gasteiger partial charge on any atom is -0.494 e. The average Bonchev–Trinajstić information content (AvgIpc) is 3.13. The Balaban J connectivity index is 1.65. The maximum absolute atomic E-state index is 12.5. The molecule has 29 heavy (non-hydrogen) atoms. The first-order valence-electron chi connectivity index (χ1n) is 9.24. The first-order chi connectivity index (χ1) is 13.9. The van der Waals surface area contributed by atoms with Gasteiger partial charge in [-0.2, -0.15) is 0 Å². The van der Waals surface area contributed by atoms with Gasteiger partial charge in [0.05, 0.1) is 12.8 Å². The van der Waals surface area contributed by atoms with Gasteiger partial charge in [0.2, 0.25) is 11.8 Å². The van der Waals surface area contributed by atoms with Gasteiger partial charge in [0.25, 0.3) is 5.91 Å². The predicted molar refractivity (Wildman–Crippen MR) is 112 cm³/mol. The molecule has 0 spiro atoms. The van der Waals surface area contributed by atoms with Crippen LogP contribution in [0.2, 0.25) is 5.02 Å². The van der Waals surface area contributed by atoms with E-state index in [1.54, 1.807) is 54.3 Å². The van der Waals surface area contributed by atoms with Crippen LogP contribution < -0.4 is 20.3 Å². The molecular weight excluding hydrogens is 394 g/mol. The molecule has 0 radical (unpaired) electrons. The molecule has 152 valence electrons. The summed E-state index contributed by atoms with van der Waals surface area (Å²) in [6, 6.07) is 10.7. The SMILES string of the molecule is COc1cc(NC(=O)[C@@H](C)NC(=O)c2ccc(Cl)cc2)ccc1N1CCCC1=O. The van der Waals surface area contributed by atoms with Gasteiger partial charge in [0, 0.05) is 35.3 Å². The van der Waals surface area contributed by atoms with Crippen molar-refractivity contribution >= 4 is 40.7 Å². The molecule has 0 bridgehead atoms. The zero-order chi connectivity index (χ0) is 21.0. The molecule has 1 fully saturated rings. The van der Waals surface area contributed by atoms with Crippen LogP contribution in [0, 0.1) is 0 Å². The topological polar surface area (TPSA) is 87.7 Å². The number of halogens is 1. The summed E-state index contributed by atoms with van der Waals surface area (Å²) in [6.45, 7) is 2.24. The summed E-state index contributed by atoms with van der Waals surface area (Å²) in [7, 11) is 1.51. The standard InChI is InChI=1S/C21H22ClN3O4/c1-13(23-21(28)14-5-7-15(22)8-6-14)20(27)24-16-9-10-17(18(12-16)29-2)25-11-3-4-19(25)26/h5-10,12-13H,3-4,11H2,1-2H3,(H,23,28)(H,24,27)/t13-/m1/s1. The van der Waals surface area contributed by atoms with Crippen molar-refractivity contribution in [1.82, 2.24) is 5.32 Å². The van der Waals surface area contributed by atoms with Gasteiger partial charge in [-0.25, -0.2) is 0 Å². The van der Waals surface area contributed by atoms with E-state index in [-0.39, 0.29) is 17.7 Å². The van der Waals surface area contributed by atoms with E-state index in [1.807, 2.05) is 0 Å². The molecule has 1 atom stereocenters. The van der Waals surface area contributed by atoms with E-state index in [1.165, 1.54) is 7.11 Å². The van der Waals surface area contributed by atoms with Crippen LogP contribution in [0.25, 0.3) is 0 Å². The van der Waals surface area contributed by atoms with Crippen LogP contribution in [0.3, 0.4) is 0 Å². The molecule has 3 rings (SSSR count). The molecule has 0 saturated carbocycles. The van der Waals surface area contributed by atoms with Crippen molar-refractivity contribution in [3.05, 3.63) is 53.1 Å². The maximum atomic E-state index is 12.5. The zero-order valence-electron chi connectivity index (χ0n) is 16.2. The van der Waals surface area contributed by atoms with E-state index in [4.69, 9.17) is 16.3 Å². The lowest BCUT2D eigenvalue weighted by molar-refractivity contribution is -0.118. The summed E-state index contributed by atoms with van der Waals surface area (Å²) in [5, 5.41) is 5.93. The van der Waals surface area contributed by atoms with Crippen molar-refractivity contribution in [2.75, 3.05) is 23.9 Å². The Morgan fingerprint density at radius 1 is 1.17 bits per heavy atom. The molecule has 1 aliphatic heterocycles. The number of ether oxygens (including phenoxy) is 1. The third kappa shape index (κ3) is 4.86. The predicted octanol–water partition coefficient (Wildman–Crippen LogP) is 3.23. The molecule has 1 heterocycles. The fourth-order valence-electron chi connectivity index (χ4n) is 3.08. The van der Waals surface area contributed by atoms with Crippen LogP contribution in [0.5, 0.6) is 5.75 Å². The summed E-state index contributed by atoms with van der Waals surface area (Å²) >= 11 is 5.82. The van der Waals surface area contributed by atoms with Crippen molar-refractivity contribution in [1.29, 1.82) is 0 Å². The fourth-order valence-corrected chi connectivity index (χ4v) is 3.20. The number of hydrogen-bond donors (Lipinski definition) is 2. The molecule has 7 nitrogen and oxygen atoms in total. The molecule has 2 N–H and O–H groups in total. The molecule has 1 aliphatic rings. The van der Waals surface area contributed by atoms with Crippen LogP contribution in [-0.2, 0) is 9.59 Å². The van der Waals surface area contributed by atoms with E-state index in [2.05, 4.69) is 10.6 Å². The summed E-state index contributed by atoms with van der Waals surface area (Å²) in [5.41, 5.74) is 1.60. The summed E-state index contributed by atoms with van der Waals surface area (Å²) < 4.78 is 5.40. The van der Waals surface area contributed by atoms with E-state index in [0.717, 1.165) is 6.42 Å². The highest BCUT2D eigenvalue weighted by atomic mass is 35.5. The highest BCUT2D eigenvalue weighted by molar-refractivity contribution is 6.30. The highest BCUT2D eigenvalue weighted by Gasteiger charge is 2.25. The molecule has 0 aliphatic carbocycles. The van der Waals surface area contributed by atoms with Crippen molar-refractivity contribution in [3.63, 3.8) is 0 Å². The number of rotatable bonds is 6. The van der Waals surface area contributed by atoms with Gasteiger partial charge in [-0.1, -0.05) is 11.6 Å². The van der Waals surface area contributed by atoms with Crippen molar-refractivity contribution in [3.8, 4) is 5.75 Å². The number of nitrogens with one attached hydrogen (secondary N) is 2. The zero-order valence-corrected chi connectivity index (χ0v) is 17.0. The number of carbonyl (C=O) groups is 3. The number of amides is 3. The number of benzene rings is 2. The number of nitrogens with zero attached hydrogens (tertiary/aromatic N) is 1. The van der Waals surface area contributed by atoms with Crippen molar-refractivity contribution in [2.45, 2.75) is 25.8 Å². The highest BCUT2D eigenvalue weighted by Crippen LogP contribution is 2.33. The lowest BCUT2D eigenvalue weighted by atomic mass is 10.2. The summed E-state index contributed by atoms with van der Waals surface area (Å²) in [6.07, 6.45) is 1.33. The summed E-state index contributed by atoms with van der Waals surface area (Å²) in [5.74, 6) is -0.196. The molecule has 2 aromatic carbocycles.